The molecule has 9 nitrogen and oxygen atoms in total. The maximum Gasteiger partial charge on any atom is 0.412 e. The SMILES string of the molecule is CC[C@@]1(O)C(=O)OCc2c1cc1n(c2=O)Cc2c-1nc1ccc(NC(=O)OC(C)(C)C)cc1c2[Si](C)(C)CC(C)C. The maximum absolute atomic E-state index is 13.8. The fraction of sp³-hybridized carbons (Fsp3) is 0.484. The van der Waals surface area contributed by atoms with Crippen molar-refractivity contribution in [1.82, 2.24) is 9.55 Å². The van der Waals surface area contributed by atoms with E-state index in [1.54, 1.807) is 23.6 Å². The molecule has 1 amide bonds. The monoisotopic (exact) mass is 577 g/mol. The Morgan fingerprint density at radius 3 is 2.56 bits per heavy atom. The molecule has 0 unspecified atom stereocenters. The predicted octanol–water partition coefficient (Wildman–Crippen LogP) is 5.00. The molecule has 1 aromatic carbocycles. The van der Waals surface area contributed by atoms with Gasteiger partial charge in [0, 0.05) is 16.6 Å². The van der Waals surface area contributed by atoms with Crippen LogP contribution < -0.4 is 16.1 Å². The number of aliphatic hydroxyl groups is 1. The molecule has 2 aromatic heterocycles. The van der Waals surface area contributed by atoms with Crippen molar-refractivity contribution in [2.24, 2.45) is 5.92 Å². The molecular formula is C31H39N3O6Si. The van der Waals surface area contributed by atoms with Crippen molar-refractivity contribution in [2.75, 3.05) is 5.32 Å². The topological polar surface area (TPSA) is 120 Å². The molecule has 5 rings (SSSR count). The van der Waals surface area contributed by atoms with Gasteiger partial charge in [-0.05, 0) is 68.1 Å². The van der Waals surface area contributed by atoms with E-state index in [4.69, 9.17) is 14.5 Å². The Morgan fingerprint density at radius 2 is 1.93 bits per heavy atom. The Kier molecular flexibility index (Phi) is 6.93. The van der Waals surface area contributed by atoms with Gasteiger partial charge < -0.3 is 19.1 Å². The van der Waals surface area contributed by atoms with Crippen molar-refractivity contribution in [3.8, 4) is 11.4 Å². The number of nitrogens with one attached hydrogen (secondary N) is 1. The number of pyridine rings is 2. The van der Waals surface area contributed by atoms with Crippen LogP contribution >= 0.6 is 0 Å². The Bertz CT molecular complexity index is 1650. The van der Waals surface area contributed by atoms with Gasteiger partial charge in [0.1, 0.15) is 12.2 Å². The van der Waals surface area contributed by atoms with Crippen LogP contribution in [0.2, 0.25) is 19.1 Å². The number of carbonyl (C=O) groups is 2. The summed E-state index contributed by atoms with van der Waals surface area (Å²) in [4.78, 5) is 44.0. The molecule has 2 aliphatic heterocycles. The molecule has 2 aliphatic rings. The van der Waals surface area contributed by atoms with E-state index in [1.807, 2.05) is 32.9 Å². The molecule has 0 spiro atoms. The molecule has 0 saturated carbocycles. The van der Waals surface area contributed by atoms with Crippen LogP contribution in [0, 0.1) is 5.92 Å². The lowest BCUT2D eigenvalue weighted by molar-refractivity contribution is -0.172. The largest absolute Gasteiger partial charge is 0.458 e. The second kappa shape index (κ2) is 9.80. The number of ether oxygens (including phenoxy) is 2. The zero-order valence-electron chi connectivity index (χ0n) is 25.1. The molecular weight excluding hydrogens is 538 g/mol. The summed E-state index contributed by atoms with van der Waals surface area (Å²) < 4.78 is 12.4. The number of amides is 1. The van der Waals surface area contributed by atoms with Crippen LogP contribution in [0.1, 0.15) is 64.7 Å². The van der Waals surface area contributed by atoms with Gasteiger partial charge in [0.2, 0.25) is 0 Å². The van der Waals surface area contributed by atoms with Crippen LogP contribution in [0.5, 0.6) is 0 Å². The van der Waals surface area contributed by atoms with Crippen molar-refractivity contribution in [2.45, 2.75) is 91.5 Å². The number of hydrogen-bond donors (Lipinski definition) is 2. The van der Waals surface area contributed by atoms with Gasteiger partial charge in [-0.25, -0.2) is 14.6 Å². The summed E-state index contributed by atoms with van der Waals surface area (Å²) in [7, 11) is -2.13. The highest BCUT2D eigenvalue weighted by molar-refractivity contribution is 6.92. The molecule has 0 saturated heterocycles. The number of cyclic esters (lactones) is 1. The summed E-state index contributed by atoms with van der Waals surface area (Å²) in [5.74, 6) is -0.280. The number of nitrogens with zero attached hydrogens (tertiary/aromatic N) is 2. The lowest BCUT2D eigenvalue weighted by atomic mass is 9.86. The number of rotatable bonds is 5. The minimum Gasteiger partial charge on any atom is -0.458 e. The number of anilines is 1. The summed E-state index contributed by atoms with van der Waals surface area (Å²) in [5.41, 5.74) is 1.46. The molecule has 3 aromatic rings. The molecule has 41 heavy (non-hydrogen) atoms. The average Bonchev–Trinajstić information content (AvgIpc) is 3.21. The van der Waals surface area contributed by atoms with E-state index in [9.17, 15) is 19.5 Å². The quantitative estimate of drug-likeness (QED) is 0.253. The van der Waals surface area contributed by atoms with E-state index in [0.717, 1.165) is 22.5 Å². The van der Waals surface area contributed by atoms with Gasteiger partial charge >= 0.3 is 12.1 Å². The number of carbonyl (C=O) groups excluding carboxylic acids is 2. The number of hydrogen-bond acceptors (Lipinski definition) is 7. The Morgan fingerprint density at radius 1 is 1.22 bits per heavy atom. The van der Waals surface area contributed by atoms with Crippen molar-refractivity contribution in [3.05, 3.63) is 51.3 Å². The van der Waals surface area contributed by atoms with E-state index in [0.29, 0.717) is 40.7 Å². The fourth-order valence-corrected chi connectivity index (χ4v) is 10.7. The van der Waals surface area contributed by atoms with Crippen molar-refractivity contribution in [1.29, 1.82) is 0 Å². The van der Waals surface area contributed by atoms with Gasteiger partial charge in [-0.3, -0.25) is 10.1 Å². The zero-order valence-corrected chi connectivity index (χ0v) is 26.1. The van der Waals surface area contributed by atoms with Gasteiger partial charge in [-0.1, -0.05) is 39.9 Å². The molecule has 10 heteroatoms. The molecule has 4 heterocycles. The maximum atomic E-state index is 13.8. The van der Waals surface area contributed by atoms with E-state index in [2.05, 4.69) is 32.3 Å². The average molecular weight is 578 g/mol. The number of aromatic nitrogens is 2. The second-order valence-corrected chi connectivity index (χ2v) is 17.9. The normalized spacial score (nSPS) is 18.1. The Balaban J connectivity index is 1.74. The van der Waals surface area contributed by atoms with Crippen LogP contribution in [0.15, 0.2) is 29.1 Å². The van der Waals surface area contributed by atoms with Gasteiger partial charge in [-0.2, -0.15) is 0 Å². The lowest BCUT2D eigenvalue weighted by Gasteiger charge is -2.31. The Hall–Kier alpha value is -3.50. The van der Waals surface area contributed by atoms with Crippen LogP contribution in [-0.4, -0.2) is 40.4 Å². The van der Waals surface area contributed by atoms with Gasteiger partial charge in [0.25, 0.3) is 5.56 Å². The van der Waals surface area contributed by atoms with Crippen molar-refractivity contribution < 1.29 is 24.2 Å². The first-order valence-corrected chi connectivity index (χ1v) is 17.4. The number of fused-ring (bicyclic) bond motifs is 5. The minimum absolute atomic E-state index is 0.0900. The van der Waals surface area contributed by atoms with Crippen LogP contribution in [0.4, 0.5) is 10.5 Å². The van der Waals surface area contributed by atoms with Crippen molar-refractivity contribution >= 4 is 41.9 Å². The summed E-state index contributed by atoms with van der Waals surface area (Å²) in [5, 5.41) is 16.3. The fourth-order valence-electron chi connectivity index (χ4n) is 6.47. The Labute approximate surface area is 240 Å². The smallest absolute Gasteiger partial charge is 0.412 e. The van der Waals surface area contributed by atoms with Gasteiger partial charge in [-0.15, -0.1) is 0 Å². The minimum atomic E-state index is -2.13. The third kappa shape index (κ3) is 4.97. The first-order valence-electron chi connectivity index (χ1n) is 14.2. The second-order valence-electron chi connectivity index (χ2n) is 13.3. The van der Waals surface area contributed by atoms with Crippen LogP contribution in [0.25, 0.3) is 22.3 Å². The summed E-state index contributed by atoms with van der Waals surface area (Å²) in [6.45, 7) is 16.4. The van der Waals surface area contributed by atoms with Gasteiger partial charge in [0.15, 0.2) is 5.60 Å². The zero-order chi connectivity index (χ0) is 30.1. The highest BCUT2D eigenvalue weighted by atomic mass is 28.3. The molecule has 0 radical (unpaired) electrons. The van der Waals surface area contributed by atoms with E-state index in [1.165, 1.54) is 5.19 Å². The van der Waals surface area contributed by atoms with Crippen LogP contribution in [-0.2, 0) is 33.0 Å². The summed E-state index contributed by atoms with van der Waals surface area (Å²) >= 11 is 0. The molecule has 0 aliphatic carbocycles. The highest BCUT2D eigenvalue weighted by Crippen LogP contribution is 2.39. The first-order chi connectivity index (χ1) is 19.1. The predicted molar refractivity (Wildman–Crippen MR) is 161 cm³/mol. The van der Waals surface area contributed by atoms with Crippen LogP contribution in [0.3, 0.4) is 0 Å². The number of esters is 1. The summed E-state index contributed by atoms with van der Waals surface area (Å²) in [6.07, 6.45) is -0.442. The third-order valence-electron chi connectivity index (χ3n) is 7.93. The molecule has 1 atom stereocenters. The van der Waals surface area contributed by atoms with E-state index in [-0.39, 0.29) is 18.6 Å². The lowest BCUT2D eigenvalue weighted by Crippen LogP contribution is -2.45. The molecule has 218 valence electrons. The van der Waals surface area contributed by atoms with E-state index < -0.39 is 31.3 Å². The molecule has 2 N–H and O–H groups in total. The third-order valence-corrected chi connectivity index (χ3v) is 11.7. The molecule has 0 bridgehead atoms. The molecule has 0 fully saturated rings. The van der Waals surface area contributed by atoms with Gasteiger partial charge in [0.05, 0.1) is 37.1 Å². The van der Waals surface area contributed by atoms with E-state index >= 15 is 0 Å². The first kappa shape index (κ1) is 29.0. The van der Waals surface area contributed by atoms with Crippen molar-refractivity contribution in [3.63, 3.8) is 0 Å². The standard InChI is InChI=1S/C31H39N3O6Si/c1-9-31(38)22-13-24-25-20(14-34(24)27(35)21(22)15-39-28(31)36)26(41(7,8)16-17(2)3)19-12-18(10-11-23(19)33-25)32-29(37)40-30(4,5)6/h10-13,17,38H,9,14-16H2,1-8H3,(H,32,37)/t31-/m0/s1. The number of benzene rings is 1. The summed E-state index contributed by atoms with van der Waals surface area (Å²) in [6, 6.07) is 8.40. The highest BCUT2D eigenvalue weighted by Gasteiger charge is 2.46.